The van der Waals surface area contributed by atoms with E-state index in [-0.39, 0.29) is 5.60 Å². The standard InChI is InChI=1S/C12H16ClN5O/c1-12(2,19-3)7-18-11(15-16-17-18)8-4-5-9(13)10(14)6-8/h4-6H,7,14H2,1-3H3. The van der Waals surface area contributed by atoms with Crippen LogP contribution < -0.4 is 5.73 Å². The van der Waals surface area contributed by atoms with Crippen LogP contribution in [0.2, 0.25) is 5.02 Å². The second kappa shape index (κ2) is 5.14. The van der Waals surface area contributed by atoms with Crippen molar-refractivity contribution in [2.75, 3.05) is 12.8 Å². The molecule has 0 aliphatic rings. The van der Waals surface area contributed by atoms with Crippen LogP contribution in [0.25, 0.3) is 11.4 Å². The molecule has 1 aromatic carbocycles. The molecule has 1 aromatic heterocycles. The lowest BCUT2D eigenvalue weighted by molar-refractivity contribution is 0.00539. The first kappa shape index (κ1) is 13.8. The van der Waals surface area contributed by atoms with E-state index in [4.69, 9.17) is 22.1 Å². The minimum Gasteiger partial charge on any atom is -0.398 e. The van der Waals surface area contributed by atoms with Gasteiger partial charge in [0.1, 0.15) is 0 Å². The number of ether oxygens (including phenoxy) is 1. The van der Waals surface area contributed by atoms with Gasteiger partial charge in [-0.15, -0.1) is 5.10 Å². The highest BCUT2D eigenvalue weighted by Gasteiger charge is 2.21. The number of nitrogens with zero attached hydrogens (tertiary/aromatic N) is 4. The van der Waals surface area contributed by atoms with Gasteiger partial charge in [-0.25, -0.2) is 4.68 Å². The predicted molar refractivity (Wildman–Crippen MR) is 73.8 cm³/mol. The van der Waals surface area contributed by atoms with Gasteiger partial charge in [0.2, 0.25) is 0 Å². The van der Waals surface area contributed by atoms with Crippen molar-refractivity contribution in [3.05, 3.63) is 23.2 Å². The van der Waals surface area contributed by atoms with Gasteiger partial charge in [-0.2, -0.15) is 0 Å². The number of aromatic nitrogens is 4. The summed E-state index contributed by atoms with van der Waals surface area (Å²) in [6.45, 7) is 4.47. The Hall–Kier alpha value is -1.66. The number of tetrazole rings is 1. The number of halogens is 1. The molecule has 7 heteroatoms. The van der Waals surface area contributed by atoms with E-state index >= 15 is 0 Å². The highest BCUT2D eigenvalue weighted by atomic mass is 35.5. The Morgan fingerprint density at radius 3 is 2.79 bits per heavy atom. The quantitative estimate of drug-likeness (QED) is 0.867. The molecule has 0 saturated carbocycles. The number of benzene rings is 1. The van der Waals surface area contributed by atoms with Crippen molar-refractivity contribution >= 4 is 17.3 Å². The summed E-state index contributed by atoms with van der Waals surface area (Å²) in [4.78, 5) is 0. The van der Waals surface area contributed by atoms with E-state index in [1.165, 1.54) is 0 Å². The number of nitrogens with two attached hydrogens (primary N) is 1. The molecule has 0 fully saturated rings. The largest absolute Gasteiger partial charge is 0.398 e. The molecule has 1 heterocycles. The van der Waals surface area contributed by atoms with Gasteiger partial charge in [-0.05, 0) is 42.5 Å². The molecule has 0 spiro atoms. The molecule has 0 atom stereocenters. The second-order valence-corrected chi connectivity index (χ2v) is 5.27. The van der Waals surface area contributed by atoms with Crippen molar-refractivity contribution < 1.29 is 4.74 Å². The summed E-state index contributed by atoms with van der Waals surface area (Å²) in [5.41, 5.74) is 6.75. The van der Waals surface area contributed by atoms with Crippen LogP contribution in [-0.2, 0) is 11.3 Å². The van der Waals surface area contributed by atoms with Gasteiger partial charge in [-0.1, -0.05) is 11.6 Å². The molecule has 2 N–H and O–H groups in total. The van der Waals surface area contributed by atoms with Crippen LogP contribution in [0.3, 0.4) is 0 Å². The molecule has 2 aromatic rings. The Morgan fingerprint density at radius 2 is 2.16 bits per heavy atom. The van der Waals surface area contributed by atoms with E-state index in [1.54, 1.807) is 23.9 Å². The SMILES string of the molecule is COC(C)(C)Cn1nnnc1-c1ccc(Cl)c(N)c1. The molecule has 0 saturated heterocycles. The molecular formula is C12H16ClN5O. The first-order valence-electron chi connectivity index (χ1n) is 5.80. The van der Waals surface area contributed by atoms with E-state index in [0.29, 0.717) is 23.1 Å². The van der Waals surface area contributed by atoms with Crippen molar-refractivity contribution in [3.63, 3.8) is 0 Å². The number of anilines is 1. The van der Waals surface area contributed by atoms with Gasteiger partial charge < -0.3 is 10.5 Å². The number of nitrogen functional groups attached to an aromatic ring is 1. The Morgan fingerprint density at radius 1 is 1.42 bits per heavy atom. The Bertz CT molecular complexity index is 581. The van der Waals surface area contributed by atoms with Crippen molar-refractivity contribution in [3.8, 4) is 11.4 Å². The molecule has 0 radical (unpaired) electrons. The fraction of sp³-hybridized carbons (Fsp3) is 0.417. The van der Waals surface area contributed by atoms with E-state index < -0.39 is 0 Å². The van der Waals surface area contributed by atoms with Crippen molar-refractivity contribution in [1.82, 2.24) is 20.2 Å². The van der Waals surface area contributed by atoms with Crippen molar-refractivity contribution in [1.29, 1.82) is 0 Å². The zero-order valence-corrected chi connectivity index (χ0v) is 11.8. The summed E-state index contributed by atoms with van der Waals surface area (Å²) in [6.07, 6.45) is 0. The molecule has 0 aliphatic carbocycles. The summed E-state index contributed by atoms with van der Waals surface area (Å²) in [5.74, 6) is 0.633. The van der Waals surface area contributed by atoms with Crippen LogP contribution in [-0.4, -0.2) is 32.9 Å². The molecule has 2 rings (SSSR count). The fourth-order valence-corrected chi connectivity index (χ4v) is 1.74. The maximum atomic E-state index is 5.91. The molecule has 0 unspecified atom stereocenters. The minimum absolute atomic E-state index is 0.359. The number of hydrogen-bond acceptors (Lipinski definition) is 5. The summed E-state index contributed by atoms with van der Waals surface area (Å²) in [6, 6.07) is 5.32. The zero-order valence-electron chi connectivity index (χ0n) is 11.1. The smallest absolute Gasteiger partial charge is 0.182 e. The first-order chi connectivity index (χ1) is 8.93. The van der Waals surface area contributed by atoms with Gasteiger partial charge in [0.05, 0.1) is 22.9 Å². The molecule has 6 nitrogen and oxygen atoms in total. The molecule has 0 aliphatic heterocycles. The van der Waals surface area contributed by atoms with Gasteiger partial charge in [0.25, 0.3) is 0 Å². The maximum Gasteiger partial charge on any atom is 0.182 e. The first-order valence-corrected chi connectivity index (χ1v) is 6.17. The molecular weight excluding hydrogens is 266 g/mol. The summed E-state index contributed by atoms with van der Waals surface area (Å²) in [7, 11) is 1.66. The van der Waals surface area contributed by atoms with Gasteiger partial charge in [-0.3, -0.25) is 0 Å². The van der Waals surface area contributed by atoms with Crippen LogP contribution in [0.5, 0.6) is 0 Å². The Balaban J connectivity index is 2.36. The minimum atomic E-state index is -0.359. The lowest BCUT2D eigenvalue weighted by Crippen LogP contribution is -2.30. The number of methoxy groups -OCH3 is 1. The fourth-order valence-electron chi connectivity index (χ4n) is 1.63. The third kappa shape index (κ3) is 3.02. The predicted octanol–water partition coefficient (Wildman–Crippen LogP) is 2.00. The van der Waals surface area contributed by atoms with Crippen LogP contribution in [0.1, 0.15) is 13.8 Å². The lowest BCUT2D eigenvalue weighted by Gasteiger charge is -2.22. The molecule has 0 amide bonds. The molecule has 102 valence electrons. The van der Waals surface area contributed by atoms with E-state index in [9.17, 15) is 0 Å². The van der Waals surface area contributed by atoms with Gasteiger partial charge in [0, 0.05) is 12.7 Å². The average Bonchev–Trinajstić information content (AvgIpc) is 2.80. The summed E-state index contributed by atoms with van der Waals surface area (Å²) >= 11 is 5.91. The third-order valence-electron chi connectivity index (χ3n) is 2.87. The topological polar surface area (TPSA) is 78.8 Å². The number of rotatable bonds is 4. The van der Waals surface area contributed by atoms with Crippen LogP contribution in [0.15, 0.2) is 18.2 Å². The van der Waals surface area contributed by atoms with Crippen molar-refractivity contribution in [2.45, 2.75) is 26.0 Å². The number of hydrogen-bond donors (Lipinski definition) is 1. The Kier molecular flexibility index (Phi) is 3.73. The molecule has 0 bridgehead atoms. The lowest BCUT2D eigenvalue weighted by atomic mass is 10.1. The van der Waals surface area contributed by atoms with E-state index in [0.717, 1.165) is 5.56 Å². The van der Waals surface area contributed by atoms with Crippen LogP contribution in [0, 0.1) is 0 Å². The monoisotopic (exact) mass is 281 g/mol. The zero-order chi connectivity index (χ0) is 14.0. The third-order valence-corrected chi connectivity index (χ3v) is 3.21. The molecule has 19 heavy (non-hydrogen) atoms. The Labute approximate surface area is 116 Å². The average molecular weight is 282 g/mol. The summed E-state index contributed by atoms with van der Waals surface area (Å²) in [5, 5.41) is 12.2. The van der Waals surface area contributed by atoms with E-state index in [1.807, 2.05) is 19.9 Å². The normalized spacial score (nSPS) is 11.8. The van der Waals surface area contributed by atoms with Crippen molar-refractivity contribution in [2.24, 2.45) is 0 Å². The van der Waals surface area contributed by atoms with E-state index in [2.05, 4.69) is 15.5 Å². The van der Waals surface area contributed by atoms with Crippen LogP contribution >= 0.6 is 11.6 Å². The van der Waals surface area contributed by atoms with Crippen LogP contribution in [0.4, 0.5) is 5.69 Å². The van der Waals surface area contributed by atoms with Gasteiger partial charge in [0.15, 0.2) is 5.82 Å². The van der Waals surface area contributed by atoms with Gasteiger partial charge >= 0.3 is 0 Å². The maximum absolute atomic E-state index is 5.91. The summed E-state index contributed by atoms with van der Waals surface area (Å²) < 4.78 is 7.07. The highest BCUT2D eigenvalue weighted by molar-refractivity contribution is 6.33. The highest BCUT2D eigenvalue weighted by Crippen LogP contribution is 2.25. The second-order valence-electron chi connectivity index (χ2n) is 4.86.